The minimum atomic E-state index is -1.56. The van der Waals surface area contributed by atoms with Crippen LogP contribution in [0.25, 0.3) is 5.57 Å². The van der Waals surface area contributed by atoms with Crippen LogP contribution < -0.4 is 4.74 Å². The molecule has 2 aromatic carbocycles. The van der Waals surface area contributed by atoms with Crippen molar-refractivity contribution in [1.82, 2.24) is 0 Å². The number of fused-ring (bicyclic) bond motifs is 1. The molecule has 0 aliphatic heterocycles. The maximum absolute atomic E-state index is 10.7. The first-order valence-corrected chi connectivity index (χ1v) is 15.5. The Morgan fingerprint density at radius 2 is 1.78 bits per heavy atom. The van der Waals surface area contributed by atoms with Gasteiger partial charge in [0.15, 0.2) is 0 Å². The highest BCUT2D eigenvalue weighted by Gasteiger charge is 2.46. The van der Waals surface area contributed by atoms with E-state index >= 15 is 0 Å². The van der Waals surface area contributed by atoms with Gasteiger partial charge in [0.05, 0.1) is 21.3 Å². The van der Waals surface area contributed by atoms with E-state index in [1.165, 1.54) is 33.4 Å². The van der Waals surface area contributed by atoms with Gasteiger partial charge in [-0.15, -0.1) is 0 Å². The zero-order chi connectivity index (χ0) is 23.1. The Hall–Kier alpha value is -2.10. The highest BCUT2D eigenvalue weighted by atomic mass is 28.3. The van der Waals surface area contributed by atoms with Crippen molar-refractivity contribution in [3.8, 4) is 5.75 Å². The first-order valence-electron chi connectivity index (χ1n) is 12.0. The SMILES string of the molecule is COc1ccc(C)c(CCC2=C3C[C@@H](O)C[C@@]3(C)CC([Si](C)(C)C)=C2c2ccccc2)c1. The van der Waals surface area contributed by atoms with Gasteiger partial charge < -0.3 is 9.84 Å². The maximum Gasteiger partial charge on any atom is 0.119 e. The van der Waals surface area contributed by atoms with Crippen molar-refractivity contribution in [1.29, 1.82) is 0 Å². The summed E-state index contributed by atoms with van der Waals surface area (Å²) in [6, 6.07) is 17.4. The van der Waals surface area contributed by atoms with Crippen LogP contribution in [0.4, 0.5) is 0 Å². The van der Waals surface area contributed by atoms with Crippen molar-refractivity contribution in [2.45, 2.75) is 71.7 Å². The van der Waals surface area contributed by atoms with Crippen LogP contribution in [-0.2, 0) is 6.42 Å². The number of hydrogen-bond acceptors (Lipinski definition) is 2. The highest BCUT2D eigenvalue weighted by Crippen LogP contribution is 2.57. The largest absolute Gasteiger partial charge is 0.497 e. The van der Waals surface area contributed by atoms with E-state index in [2.05, 4.69) is 76.0 Å². The Balaban J connectivity index is 1.85. The van der Waals surface area contributed by atoms with Crippen molar-refractivity contribution >= 4 is 13.6 Å². The molecule has 4 rings (SSSR count). The topological polar surface area (TPSA) is 29.5 Å². The Labute approximate surface area is 195 Å². The number of aryl methyl sites for hydroxylation is 2. The predicted molar refractivity (Wildman–Crippen MR) is 138 cm³/mol. The van der Waals surface area contributed by atoms with Gasteiger partial charge in [-0.3, -0.25) is 0 Å². The van der Waals surface area contributed by atoms with Gasteiger partial charge in [-0.1, -0.05) is 73.7 Å². The molecule has 170 valence electrons. The van der Waals surface area contributed by atoms with Gasteiger partial charge in [-0.25, -0.2) is 0 Å². The van der Waals surface area contributed by atoms with Crippen molar-refractivity contribution in [3.05, 3.63) is 81.6 Å². The van der Waals surface area contributed by atoms with Crippen LogP contribution in [0.2, 0.25) is 19.6 Å². The molecule has 1 fully saturated rings. The number of rotatable bonds is 6. The standard InChI is InChI=1S/C29H38O2Si/c1-20-12-14-24(31-3)16-22(20)13-15-25-26-17-23(30)18-29(26,2)19-27(32(4,5)6)28(25)21-10-8-7-9-11-21/h7-12,14,16,23,30H,13,15,17-19H2,1-6H3/t23-,29+/m1/s1. The van der Waals surface area contributed by atoms with Crippen molar-refractivity contribution in [2.24, 2.45) is 5.41 Å². The third-order valence-corrected chi connectivity index (χ3v) is 9.80. The van der Waals surface area contributed by atoms with E-state index in [9.17, 15) is 5.11 Å². The molecular weight excluding hydrogens is 408 g/mol. The second-order valence-electron chi connectivity index (χ2n) is 11.0. The van der Waals surface area contributed by atoms with Crippen LogP contribution in [0.5, 0.6) is 5.75 Å². The molecule has 32 heavy (non-hydrogen) atoms. The average molecular weight is 447 g/mol. The van der Waals surface area contributed by atoms with Crippen LogP contribution in [0, 0.1) is 12.3 Å². The summed E-state index contributed by atoms with van der Waals surface area (Å²) in [5.41, 5.74) is 8.60. The van der Waals surface area contributed by atoms with Crippen LogP contribution in [-0.4, -0.2) is 26.4 Å². The third-order valence-electron chi connectivity index (χ3n) is 7.56. The normalized spacial score (nSPS) is 23.5. The molecule has 0 spiro atoms. The molecule has 0 saturated heterocycles. The lowest BCUT2D eigenvalue weighted by molar-refractivity contribution is 0.164. The number of ether oxygens (including phenoxy) is 1. The summed E-state index contributed by atoms with van der Waals surface area (Å²) >= 11 is 0. The zero-order valence-electron chi connectivity index (χ0n) is 20.6. The minimum Gasteiger partial charge on any atom is -0.497 e. The molecule has 2 aromatic rings. The molecule has 2 aliphatic rings. The lowest BCUT2D eigenvalue weighted by Gasteiger charge is -2.41. The van der Waals surface area contributed by atoms with Gasteiger partial charge in [0.25, 0.3) is 0 Å². The fourth-order valence-electron chi connectivity index (χ4n) is 5.85. The number of allylic oxidation sites excluding steroid dienone is 3. The fourth-order valence-corrected chi connectivity index (χ4v) is 7.81. The van der Waals surface area contributed by atoms with Crippen LogP contribution in [0.1, 0.15) is 49.3 Å². The minimum absolute atomic E-state index is 0.0894. The monoisotopic (exact) mass is 446 g/mol. The summed E-state index contributed by atoms with van der Waals surface area (Å²) in [5, 5.41) is 12.4. The predicted octanol–water partition coefficient (Wildman–Crippen LogP) is 7.13. The summed E-state index contributed by atoms with van der Waals surface area (Å²) in [4.78, 5) is 0. The first-order chi connectivity index (χ1) is 15.1. The van der Waals surface area contributed by atoms with Gasteiger partial charge in [0.2, 0.25) is 0 Å². The molecule has 2 aliphatic carbocycles. The lowest BCUT2D eigenvalue weighted by Crippen LogP contribution is -2.33. The van der Waals surface area contributed by atoms with Gasteiger partial charge in [-0.2, -0.15) is 0 Å². The average Bonchev–Trinajstić information content (AvgIpc) is 3.06. The van der Waals surface area contributed by atoms with E-state index < -0.39 is 8.07 Å². The summed E-state index contributed by atoms with van der Waals surface area (Å²) in [6.07, 6.45) is 4.58. The second-order valence-corrected chi connectivity index (χ2v) is 16.1. The lowest BCUT2D eigenvalue weighted by atomic mass is 9.71. The van der Waals surface area contributed by atoms with Crippen LogP contribution in [0.3, 0.4) is 0 Å². The summed E-state index contributed by atoms with van der Waals surface area (Å²) in [5.74, 6) is 0.926. The number of methoxy groups -OCH3 is 1. The summed E-state index contributed by atoms with van der Waals surface area (Å²) < 4.78 is 5.50. The molecule has 0 amide bonds. The zero-order valence-corrected chi connectivity index (χ0v) is 21.6. The number of aliphatic hydroxyl groups excluding tert-OH is 1. The van der Waals surface area contributed by atoms with Gasteiger partial charge in [-0.05, 0) is 84.4 Å². The quantitative estimate of drug-likeness (QED) is 0.478. The number of hydrogen-bond donors (Lipinski definition) is 1. The van der Waals surface area contributed by atoms with E-state index in [0.717, 1.165) is 37.9 Å². The highest BCUT2D eigenvalue weighted by molar-refractivity contribution is 6.84. The molecule has 0 heterocycles. The third kappa shape index (κ3) is 4.38. The molecule has 0 bridgehead atoms. The Kier molecular flexibility index (Phi) is 6.26. The van der Waals surface area contributed by atoms with Crippen molar-refractivity contribution < 1.29 is 9.84 Å². The maximum atomic E-state index is 10.7. The first kappa shape index (κ1) is 23.1. The summed E-state index contributed by atoms with van der Waals surface area (Å²) in [7, 11) is 0.175. The molecule has 1 N–H and O–H groups in total. The molecular formula is C29H38O2Si. The molecule has 0 radical (unpaired) electrons. The second kappa shape index (κ2) is 8.68. The van der Waals surface area contributed by atoms with E-state index in [1.54, 1.807) is 12.3 Å². The van der Waals surface area contributed by atoms with Gasteiger partial charge in [0, 0.05) is 0 Å². The van der Waals surface area contributed by atoms with E-state index in [-0.39, 0.29) is 11.5 Å². The van der Waals surface area contributed by atoms with E-state index in [4.69, 9.17) is 4.74 Å². The van der Waals surface area contributed by atoms with Crippen molar-refractivity contribution in [2.75, 3.05) is 7.11 Å². The smallest absolute Gasteiger partial charge is 0.119 e. The van der Waals surface area contributed by atoms with Crippen molar-refractivity contribution in [3.63, 3.8) is 0 Å². The van der Waals surface area contributed by atoms with E-state index in [1.807, 2.05) is 6.07 Å². The molecule has 2 nitrogen and oxygen atoms in total. The number of benzene rings is 2. The molecule has 0 unspecified atom stereocenters. The number of aliphatic hydroxyl groups is 1. The molecule has 1 saturated carbocycles. The summed E-state index contributed by atoms with van der Waals surface area (Å²) in [6.45, 7) is 12.0. The Morgan fingerprint density at radius 3 is 2.44 bits per heavy atom. The van der Waals surface area contributed by atoms with Crippen LogP contribution >= 0.6 is 0 Å². The van der Waals surface area contributed by atoms with Gasteiger partial charge in [0.1, 0.15) is 5.75 Å². The molecule has 0 aromatic heterocycles. The van der Waals surface area contributed by atoms with Gasteiger partial charge >= 0.3 is 0 Å². The fraction of sp³-hybridized carbons (Fsp3) is 0.448. The molecule has 3 heteroatoms. The Bertz CT molecular complexity index is 1060. The van der Waals surface area contributed by atoms with E-state index in [0.29, 0.717) is 0 Å². The van der Waals surface area contributed by atoms with Crippen LogP contribution in [0.15, 0.2) is 64.9 Å². The Morgan fingerprint density at radius 1 is 1.06 bits per heavy atom. The molecule has 2 atom stereocenters.